The highest BCUT2D eigenvalue weighted by atomic mass is 16.5. The Kier molecular flexibility index (Phi) is 6.68. The average Bonchev–Trinajstić information content (AvgIpc) is 2.55. The zero-order valence-electron chi connectivity index (χ0n) is 14.3. The number of nitrogens with zero attached hydrogens (tertiary/aromatic N) is 2. The van der Waals surface area contributed by atoms with E-state index in [1.165, 1.54) is 5.56 Å². The van der Waals surface area contributed by atoms with E-state index in [1.807, 2.05) is 12.1 Å². The third-order valence-electron chi connectivity index (χ3n) is 4.59. The van der Waals surface area contributed by atoms with Gasteiger partial charge in [0.1, 0.15) is 5.75 Å². The standard InChI is InChI=1S/C18H31N3O/c1-4-15(2)14-22-17-7-5-16(6-8-17)18(19)13-21-11-9-20(3)10-12-21/h5-8,15,18H,4,9-14,19H2,1-3H3/t15-,18-/m0/s1. The molecular weight excluding hydrogens is 274 g/mol. The second-order valence-corrected chi connectivity index (χ2v) is 6.60. The van der Waals surface area contributed by atoms with Crippen LogP contribution in [0.15, 0.2) is 24.3 Å². The Morgan fingerprint density at radius 2 is 1.77 bits per heavy atom. The van der Waals surface area contributed by atoms with Gasteiger partial charge in [0.25, 0.3) is 0 Å². The van der Waals surface area contributed by atoms with Gasteiger partial charge in [0.15, 0.2) is 0 Å². The molecule has 1 heterocycles. The first-order chi connectivity index (χ1) is 10.6. The van der Waals surface area contributed by atoms with Crippen molar-refractivity contribution in [2.75, 3.05) is 46.4 Å². The van der Waals surface area contributed by atoms with Crippen molar-refractivity contribution in [3.63, 3.8) is 0 Å². The van der Waals surface area contributed by atoms with Crippen molar-refractivity contribution in [3.8, 4) is 5.75 Å². The predicted octanol–water partition coefficient (Wildman–Crippen LogP) is 2.36. The van der Waals surface area contributed by atoms with Gasteiger partial charge < -0.3 is 15.4 Å². The lowest BCUT2D eigenvalue weighted by Crippen LogP contribution is -2.46. The lowest BCUT2D eigenvalue weighted by molar-refractivity contribution is 0.147. The fourth-order valence-corrected chi connectivity index (χ4v) is 2.58. The summed E-state index contributed by atoms with van der Waals surface area (Å²) in [7, 11) is 2.18. The van der Waals surface area contributed by atoms with Crippen LogP contribution in [0.1, 0.15) is 31.9 Å². The van der Waals surface area contributed by atoms with E-state index in [4.69, 9.17) is 10.5 Å². The summed E-state index contributed by atoms with van der Waals surface area (Å²) in [5.74, 6) is 1.54. The second kappa shape index (κ2) is 8.51. The highest BCUT2D eigenvalue weighted by Crippen LogP contribution is 2.18. The summed E-state index contributed by atoms with van der Waals surface area (Å²) in [5.41, 5.74) is 7.55. The van der Waals surface area contributed by atoms with Gasteiger partial charge in [-0.15, -0.1) is 0 Å². The zero-order chi connectivity index (χ0) is 15.9. The Morgan fingerprint density at radius 1 is 1.14 bits per heavy atom. The maximum atomic E-state index is 6.36. The molecule has 1 aromatic carbocycles. The molecule has 0 bridgehead atoms. The van der Waals surface area contributed by atoms with E-state index in [0.29, 0.717) is 5.92 Å². The largest absolute Gasteiger partial charge is 0.493 e. The fraction of sp³-hybridized carbons (Fsp3) is 0.667. The molecule has 0 unspecified atom stereocenters. The molecule has 0 saturated carbocycles. The summed E-state index contributed by atoms with van der Waals surface area (Å²) in [5, 5.41) is 0. The Hall–Kier alpha value is -1.10. The molecule has 1 fully saturated rings. The summed E-state index contributed by atoms with van der Waals surface area (Å²) in [6, 6.07) is 8.37. The van der Waals surface area contributed by atoms with Crippen LogP contribution in [0.25, 0.3) is 0 Å². The molecule has 0 aliphatic carbocycles. The van der Waals surface area contributed by atoms with E-state index in [1.54, 1.807) is 0 Å². The van der Waals surface area contributed by atoms with Gasteiger partial charge in [0.05, 0.1) is 6.61 Å². The topological polar surface area (TPSA) is 41.7 Å². The lowest BCUT2D eigenvalue weighted by atomic mass is 10.1. The monoisotopic (exact) mass is 305 g/mol. The van der Waals surface area contributed by atoms with Crippen LogP contribution in [0, 0.1) is 5.92 Å². The fourth-order valence-electron chi connectivity index (χ4n) is 2.58. The average molecular weight is 305 g/mol. The van der Waals surface area contributed by atoms with Crippen LogP contribution >= 0.6 is 0 Å². The Morgan fingerprint density at radius 3 is 2.36 bits per heavy atom. The van der Waals surface area contributed by atoms with Crippen LogP contribution in [-0.4, -0.2) is 56.2 Å². The number of ether oxygens (including phenoxy) is 1. The molecule has 2 N–H and O–H groups in total. The minimum Gasteiger partial charge on any atom is -0.493 e. The normalized spacial score (nSPS) is 19.8. The van der Waals surface area contributed by atoms with Crippen molar-refractivity contribution in [2.45, 2.75) is 26.3 Å². The van der Waals surface area contributed by atoms with E-state index in [2.05, 4.69) is 42.8 Å². The molecule has 4 nitrogen and oxygen atoms in total. The summed E-state index contributed by atoms with van der Waals surface area (Å²) in [4.78, 5) is 4.82. The van der Waals surface area contributed by atoms with Crippen molar-refractivity contribution in [1.29, 1.82) is 0 Å². The molecule has 1 aliphatic heterocycles. The van der Waals surface area contributed by atoms with Crippen LogP contribution in [0.5, 0.6) is 5.75 Å². The van der Waals surface area contributed by atoms with Crippen LogP contribution < -0.4 is 10.5 Å². The number of hydrogen-bond acceptors (Lipinski definition) is 4. The molecular formula is C18H31N3O. The molecule has 0 spiro atoms. The van der Waals surface area contributed by atoms with Gasteiger partial charge >= 0.3 is 0 Å². The molecule has 0 aromatic heterocycles. The van der Waals surface area contributed by atoms with Gasteiger partial charge in [-0.25, -0.2) is 0 Å². The second-order valence-electron chi connectivity index (χ2n) is 6.60. The molecule has 2 atom stereocenters. The molecule has 0 radical (unpaired) electrons. The van der Waals surface area contributed by atoms with E-state index in [-0.39, 0.29) is 6.04 Å². The van der Waals surface area contributed by atoms with Gasteiger partial charge in [0.2, 0.25) is 0 Å². The number of likely N-dealkylation sites (N-methyl/N-ethyl adjacent to an activating group) is 1. The van der Waals surface area contributed by atoms with Crippen LogP contribution in [0.3, 0.4) is 0 Å². The maximum Gasteiger partial charge on any atom is 0.119 e. The lowest BCUT2D eigenvalue weighted by Gasteiger charge is -2.33. The zero-order valence-corrected chi connectivity index (χ0v) is 14.3. The third-order valence-corrected chi connectivity index (χ3v) is 4.59. The van der Waals surface area contributed by atoms with Crippen LogP contribution in [0.4, 0.5) is 0 Å². The number of rotatable bonds is 7. The molecule has 1 saturated heterocycles. The SMILES string of the molecule is CC[C@H](C)COc1ccc([C@@H](N)CN2CCN(C)CC2)cc1. The molecule has 22 heavy (non-hydrogen) atoms. The molecule has 1 aliphatic rings. The van der Waals surface area contributed by atoms with Gasteiger partial charge in [0, 0.05) is 38.8 Å². The Balaban J connectivity index is 1.81. The van der Waals surface area contributed by atoms with Crippen molar-refractivity contribution in [3.05, 3.63) is 29.8 Å². The summed E-state index contributed by atoms with van der Waals surface area (Å²) in [6.07, 6.45) is 1.15. The molecule has 124 valence electrons. The van der Waals surface area contributed by atoms with Gasteiger partial charge in [-0.1, -0.05) is 32.4 Å². The highest BCUT2D eigenvalue weighted by Gasteiger charge is 2.17. The van der Waals surface area contributed by atoms with Crippen molar-refractivity contribution < 1.29 is 4.74 Å². The number of nitrogens with two attached hydrogens (primary N) is 1. The third kappa shape index (κ3) is 5.27. The van der Waals surface area contributed by atoms with E-state index in [9.17, 15) is 0 Å². The first kappa shape index (κ1) is 17.3. The van der Waals surface area contributed by atoms with Crippen molar-refractivity contribution >= 4 is 0 Å². The molecule has 1 aromatic rings. The Bertz CT molecular complexity index is 426. The minimum absolute atomic E-state index is 0.0759. The first-order valence-electron chi connectivity index (χ1n) is 8.47. The summed E-state index contributed by atoms with van der Waals surface area (Å²) in [6.45, 7) is 10.6. The first-order valence-corrected chi connectivity index (χ1v) is 8.47. The quantitative estimate of drug-likeness (QED) is 0.840. The smallest absolute Gasteiger partial charge is 0.119 e. The predicted molar refractivity (Wildman–Crippen MR) is 92.3 cm³/mol. The molecule has 0 amide bonds. The molecule has 2 rings (SSSR count). The summed E-state index contributed by atoms with van der Waals surface area (Å²) < 4.78 is 5.80. The number of benzene rings is 1. The van der Waals surface area contributed by atoms with E-state index in [0.717, 1.165) is 51.5 Å². The van der Waals surface area contributed by atoms with E-state index < -0.39 is 0 Å². The van der Waals surface area contributed by atoms with Crippen LogP contribution in [-0.2, 0) is 0 Å². The minimum atomic E-state index is 0.0759. The number of piperazine rings is 1. The highest BCUT2D eigenvalue weighted by molar-refractivity contribution is 5.29. The van der Waals surface area contributed by atoms with Gasteiger partial charge in [-0.05, 0) is 30.7 Å². The van der Waals surface area contributed by atoms with E-state index >= 15 is 0 Å². The van der Waals surface area contributed by atoms with Crippen molar-refractivity contribution in [1.82, 2.24) is 9.80 Å². The maximum absolute atomic E-state index is 6.36. The van der Waals surface area contributed by atoms with Gasteiger partial charge in [-0.3, -0.25) is 4.90 Å². The molecule has 4 heteroatoms. The Labute approximate surface area is 135 Å². The van der Waals surface area contributed by atoms with Gasteiger partial charge in [-0.2, -0.15) is 0 Å². The van der Waals surface area contributed by atoms with Crippen molar-refractivity contribution in [2.24, 2.45) is 11.7 Å². The van der Waals surface area contributed by atoms with Crippen LogP contribution in [0.2, 0.25) is 0 Å². The number of hydrogen-bond donors (Lipinski definition) is 1. The summed E-state index contributed by atoms with van der Waals surface area (Å²) >= 11 is 0.